The van der Waals surface area contributed by atoms with E-state index >= 15 is 0 Å². The maximum Gasteiger partial charge on any atom is 0.0868 e. The molecule has 1 aromatic carbocycles. The fraction of sp³-hybridized carbons (Fsp3) is 0.250. The van der Waals surface area contributed by atoms with E-state index in [4.69, 9.17) is 0 Å². The molecule has 0 aliphatic rings. The van der Waals surface area contributed by atoms with Crippen LogP contribution in [0.4, 0.5) is 0 Å². The van der Waals surface area contributed by atoms with Crippen LogP contribution in [0.25, 0.3) is 5.69 Å². The van der Waals surface area contributed by atoms with E-state index < -0.39 is 0 Å². The van der Waals surface area contributed by atoms with Crippen LogP contribution in [0.2, 0.25) is 0 Å². The molecule has 0 spiro atoms. The molecule has 0 aliphatic carbocycles. The Kier molecular flexibility index (Phi) is 4.13. The van der Waals surface area contributed by atoms with Crippen molar-refractivity contribution in [2.45, 2.75) is 19.4 Å². The first-order chi connectivity index (χ1) is 10.3. The largest absolute Gasteiger partial charge is 0.307 e. The Morgan fingerprint density at radius 1 is 1.24 bits per heavy atom. The Bertz CT molecular complexity index is 702. The molecule has 3 aromatic rings. The average Bonchev–Trinajstić information content (AvgIpc) is 3.18. The lowest BCUT2D eigenvalue weighted by molar-refractivity contribution is 0.638. The highest BCUT2D eigenvalue weighted by atomic mass is 32.1. The number of benzene rings is 1. The van der Waals surface area contributed by atoms with Crippen molar-refractivity contribution in [2.24, 2.45) is 0 Å². The van der Waals surface area contributed by atoms with Gasteiger partial charge in [-0.15, -0.1) is 16.4 Å². The number of nitrogens with one attached hydrogen (secondary N) is 1. The van der Waals surface area contributed by atoms with Crippen LogP contribution < -0.4 is 5.32 Å². The molecule has 0 bridgehead atoms. The zero-order chi connectivity index (χ0) is 14.7. The molecule has 4 nitrogen and oxygen atoms in total. The topological polar surface area (TPSA) is 42.7 Å². The molecule has 0 radical (unpaired) electrons. The van der Waals surface area contributed by atoms with Crippen molar-refractivity contribution in [3.8, 4) is 5.69 Å². The van der Waals surface area contributed by atoms with Crippen LogP contribution in [0.5, 0.6) is 0 Å². The molecule has 0 saturated heterocycles. The van der Waals surface area contributed by atoms with Gasteiger partial charge < -0.3 is 5.32 Å². The van der Waals surface area contributed by atoms with E-state index in [-0.39, 0.29) is 6.04 Å². The monoisotopic (exact) mass is 298 g/mol. The molecule has 3 rings (SSSR count). The van der Waals surface area contributed by atoms with Gasteiger partial charge in [-0.25, -0.2) is 4.68 Å². The van der Waals surface area contributed by atoms with Gasteiger partial charge in [0.1, 0.15) is 0 Å². The first-order valence-electron chi connectivity index (χ1n) is 7.04. The fourth-order valence-electron chi connectivity index (χ4n) is 2.52. The van der Waals surface area contributed by atoms with Gasteiger partial charge in [-0.05, 0) is 42.6 Å². The molecule has 0 fully saturated rings. The first-order valence-corrected chi connectivity index (χ1v) is 7.92. The van der Waals surface area contributed by atoms with E-state index in [2.05, 4.69) is 34.0 Å². The zero-order valence-electron chi connectivity index (χ0n) is 12.2. The number of aryl methyl sites for hydroxylation is 1. The molecule has 2 aromatic heterocycles. The minimum Gasteiger partial charge on any atom is -0.307 e. The zero-order valence-corrected chi connectivity index (χ0v) is 13.0. The van der Waals surface area contributed by atoms with Crippen LogP contribution in [0.3, 0.4) is 0 Å². The van der Waals surface area contributed by atoms with Crippen molar-refractivity contribution in [3.63, 3.8) is 0 Å². The summed E-state index contributed by atoms with van der Waals surface area (Å²) in [5, 5.41) is 13.9. The Morgan fingerprint density at radius 3 is 2.76 bits per heavy atom. The minimum absolute atomic E-state index is 0.107. The van der Waals surface area contributed by atoms with Crippen LogP contribution in [0.15, 0.2) is 48.0 Å². The second-order valence-electron chi connectivity index (χ2n) is 4.79. The van der Waals surface area contributed by atoms with E-state index in [1.807, 2.05) is 48.3 Å². The predicted molar refractivity (Wildman–Crippen MR) is 86.0 cm³/mol. The molecule has 1 atom stereocenters. The normalized spacial score (nSPS) is 12.5. The summed E-state index contributed by atoms with van der Waals surface area (Å²) in [4.78, 5) is 1.33. The van der Waals surface area contributed by atoms with Crippen LogP contribution in [-0.2, 0) is 6.42 Å². The van der Waals surface area contributed by atoms with Gasteiger partial charge >= 0.3 is 0 Å². The first kappa shape index (κ1) is 14.0. The minimum atomic E-state index is 0.107. The van der Waals surface area contributed by atoms with Crippen LogP contribution in [-0.4, -0.2) is 22.0 Å². The molecule has 1 unspecified atom stereocenters. The van der Waals surface area contributed by atoms with Gasteiger partial charge in [-0.3, -0.25) is 0 Å². The Labute approximate surface area is 128 Å². The highest BCUT2D eigenvalue weighted by Gasteiger charge is 2.21. The summed E-state index contributed by atoms with van der Waals surface area (Å²) >= 11 is 1.78. The number of aromatic nitrogens is 3. The summed E-state index contributed by atoms with van der Waals surface area (Å²) in [6.07, 6.45) is 2.87. The van der Waals surface area contributed by atoms with Crippen LogP contribution in [0, 0.1) is 0 Å². The Hall–Kier alpha value is -1.98. The highest BCUT2D eigenvalue weighted by molar-refractivity contribution is 7.10. The van der Waals surface area contributed by atoms with Gasteiger partial charge in [0.25, 0.3) is 0 Å². The van der Waals surface area contributed by atoms with Gasteiger partial charge in [0.2, 0.25) is 0 Å². The number of hydrogen-bond donors (Lipinski definition) is 1. The van der Waals surface area contributed by atoms with Crippen molar-refractivity contribution in [1.82, 2.24) is 20.3 Å². The third-order valence-corrected chi connectivity index (χ3v) is 4.61. The van der Waals surface area contributed by atoms with Crippen molar-refractivity contribution in [3.05, 3.63) is 64.1 Å². The number of para-hydroxylation sites is 1. The summed E-state index contributed by atoms with van der Waals surface area (Å²) < 4.78 is 1.90. The maximum absolute atomic E-state index is 4.25. The molecule has 0 amide bonds. The van der Waals surface area contributed by atoms with E-state index in [1.165, 1.54) is 10.4 Å². The second kappa shape index (κ2) is 6.20. The molecule has 21 heavy (non-hydrogen) atoms. The van der Waals surface area contributed by atoms with Crippen molar-refractivity contribution < 1.29 is 0 Å². The second-order valence-corrected chi connectivity index (χ2v) is 5.74. The van der Waals surface area contributed by atoms with Crippen LogP contribution in [0.1, 0.15) is 29.1 Å². The summed E-state index contributed by atoms with van der Waals surface area (Å²) in [5.41, 5.74) is 3.46. The van der Waals surface area contributed by atoms with Gasteiger partial charge in [0, 0.05) is 4.88 Å². The van der Waals surface area contributed by atoms with Gasteiger partial charge in [0.05, 0.1) is 23.6 Å². The molecular formula is C16H18N4S. The molecule has 5 heteroatoms. The van der Waals surface area contributed by atoms with E-state index in [0.29, 0.717) is 0 Å². The number of thiophene rings is 1. The van der Waals surface area contributed by atoms with Gasteiger partial charge in [-0.1, -0.05) is 30.3 Å². The Morgan fingerprint density at radius 2 is 2.05 bits per heavy atom. The van der Waals surface area contributed by atoms with Crippen LogP contribution >= 0.6 is 11.3 Å². The third kappa shape index (κ3) is 2.62. The average molecular weight is 298 g/mol. The van der Waals surface area contributed by atoms with Crippen molar-refractivity contribution in [2.75, 3.05) is 7.05 Å². The lowest BCUT2D eigenvalue weighted by Gasteiger charge is -2.17. The molecule has 108 valence electrons. The van der Waals surface area contributed by atoms with Crippen molar-refractivity contribution in [1.29, 1.82) is 0 Å². The Balaban J connectivity index is 2.05. The maximum atomic E-state index is 4.25. The molecule has 0 aliphatic heterocycles. The van der Waals surface area contributed by atoms with E-state index in [0.717, 1.165) is 17.8 Å². The SMILES string of the molecule is CCc1ccsc1C(NC)c1cnnn1-c1ccccc1. The summed E-state index contributed by atoms with van der Waals surface area (Å²) in [7, 11) is 1.98. The van der Waals surface area contributed by atoms with E-state index in [9.17, 15) is 0 Å². The van der Waals surface area contributed by atoms with Gasteiger partial charge in [-0.2, -0.15) is 0 Å². The third-order valence-electron chi connectivity index (χ3n) is 3.58. The highest BCUT2D eigenvalue weighted by Crippen LogP contribution is 2.30. The number of rotatable bonds is 5. The lowest BCUT2D eigenvalue weighted by atomic mass is 10.1. The fourth-order valence-corrected chi connectivity index (χ4v) is 3.63. The van der Waals surface area contributed by atoms with Gasteiger partial charge in [0.15, 0.2) is 0 Å². The molecule has 2 heterocycles. The standard InChI is InChI=1S/C16H18N4S/c1-3-12-9-10-21-16(12)15(17-2)14-11-18-19-20(14)13-7-5-4-6-8-13/h4-11,15,17H,3H2,1-2H3. The molecule has 1 N–H and O–H groups in total. The van der Waals surface area contributed by atoms with Crippen molar-refractivity contribution >= 4 is 11.3 Å². The predicted octanol–water partition coefficient (Wildman–Crippen LogP) is 3.20. The number of hydrogen-bond acceptors (Lipinski definition) is 4. The molecule has 0 saturated carbocycles. The quantitative estimate of drug-likeness (QED) is 0.786. The smallest absolute Gasteiger partial charge is 0.0868 e. The van der Waals surface area contributed by atoms with E-state index in [1.54, 1.807) is 11.3 Å². The summed E-state index contributed by atoms with van der Waals surface area (Å²) in [6, 6.07) is 12.4. The summed E-state index contributed by atoms with van der Waals surface area (Å²) in [6.45, 7) is 2.19. The number of nitrogens with zero attached hydrogens (tertiary/aromatic N) is 3. The molecular weight excluding hydrogens is 280 g/mol. The lowest BCUT2D eigenvalue weighted by Crippen LogP contribution is -2.21. The summed E-state index contributed by atoms with van der Waals surface area (Å²) in [5.74, 6) is 0.